The number of carbonyl (C=O) groups excluding carboxylic acids is 1. The van der Waals surface area contributed by atoms with E-state index in [0.717, 1.165) is 12.8 Å². The Hall–Kier alpha value is -2.21. The van der Waals surface area contributed by atoms with E-state index < -0.39 is 11.4 Å². The molecule has 126 valence electrons. The van der Waals surface area contributed by atoms with Gasteiger partial charge in [-0.1, -0.05) is 0 Å². The maximum Gasteiger partial charge on any atom is 0.261 e. The number of hydrogen-bond acceptors (Lipinski definition) is 3. The monoisotopic (exact) mass is 330 g/mol. The van der Waals surface area contributed by atoms with Gasteiger partial charge in [-0.15, -0.1) is 0 Å². The van der Waals surface area contributed by atoms with E-state index in [2.05, 4.69) is 4.98 Å². The van der Waals surface area contributed by atoms with Crippen molar-refractivity contribution in [2.24, 2.45) is 5.92 Å². The molecule has 1 unspecified atom stereocenters. The number of aromatic amines is 1. The third-order valence-corrected chi connectivity index (χ3v) is 5.21. The molecule has 2 fully saturated rings. The first-order valence-electron chi connectivity index (χ1n) is 8.21. The highest BCUT2D eigenvalue weighted by Gasteiger charge is 2.49. The molecule has 4 rings (SSSR count). The van der Waals surface area contributed by atoms with Crippen LogP contribution in [0.3, 0.4) is 0 Å². The molecule has 1 atom stereocenters. The van der Waals surface area contributed by atoms with Crippen molar-refractivity contribution in [2.45, 2.75) is 25.3 Å². The molecule has 0 bridgehead atoms. The van der Waals surface area contributed by atoms with Gasteiger partial charge < -0.3 is 14.6 Å². The summed E-state index contributed by atoms with van der Waals surface area (Å²) in [6, 6.07) is 5.60. The molecule has 1 amide bonds. The Labute approximate surface area is 138 Å². The predicted molar refractivity (Wildman–Crippen MR) is 87.5 cm³/mol. The summed E-state index contributed by atoms with van der Waals surface area (Å²) >= 11 is 0. The van der Waals surface area contributed by atoms with Crippen LogP contribution in [0.4, 0.5) is 4.39 Å². The number of pyridine rings is 1. The Bertz CT molecular complexity index is 874. The summed E-state index contributed by atoms with van der Waals surface area (Å²) in [4.78, 5) is 29.9. The molecule has 2 aromatic rings. The first-order chi connectivity index (χ1) is 11.5. The van der Waals surface area contributed by atoms with Crippen molar-refractivity contribution in [1.29, 1.82) is 0 Å². The van der Waals surface area contributed by atoms with Crippen molar-refractivity contribution < 1.29 is 13.9 Å². The van der Waals surface area contributed by atoms with E-state index >= 15 is 0 Å². The molecule has 1 aromatic heterocycles. The molecule has 6 heteroatoms. The van der Waals surface area contributed by atoms with Crippen LogP contribution in [0.15, 0.2) is 29.1 Å². The Kier molecular flexibility index (Phi) is 3.46. The number of carbonyl (C=O) groups is 1. The second-order valence-electron chi connectivity index (χ2n) is 6.88. The summed E-state index contributed by atoms with van der Waals surface area (Å²) in [6.45, 7) is 3.45. The predicted octanol–water partition coefficient (Wildman–Crippen LogP) is 2.31. The molecule has 1 N–H and O–H groups in total. The van der Waals surface area contributed by atoms with Crippen LogP contribution in [0.25, 0.3) is 10.9 Å². The van der Waals surface area contributed by atoms with Crippen LogP contribution >= 0.6 is 0 Å². The maximum absolute atomic E-state index is 13.5. The number of rotatable bonds is 2. The van der Waals surface area contributed by atoms with Crippen molar-refractivity contribution in [3.63, 3.8) is 0 Å². The van der Waals surface area contributed by atoms with E-state index in [4.69, 9.17) is 4.74 Å². The van der Waals surface area contributed by atoms with Gasteiger partial charge in [-0.25, -0.2) is 4.39 Å². The number of amides is 1. The highest BCUT2D eigenvalue weighted by molar-refractivity contribution is 5.97. The molecule has 5 nitrogen and oxygen atoms in total. The SMILES string of the molecule is CC1(C2CC2)COCCN1C(=O)c1cc2cc(F)ccc2[nH]c1=O. The quantitative estimate of drug-likeness (QED) is 0.919. The molecule has 1 aliphatic carbocycles. The van der Waals surface area contributed by atoms with Crippen LogP contribution in [0.5, 0.6) is 0 Å². The maximum atomic E-state index is 13.5. The van der Waals surface area contributed by atoms with Crippen molar-refractivity contribution in [3.05, 3.63) is 46.0 Å². The Morgan fingerprint density at radius 2 is 2.17 bits per heavy atom. The number of H-pyrrole nitrogens is 1. The number of hydrogen-bond donors (Lipinski definition) is 1. The Morgan fingerprint density at radius 3 is 2.92 bits per heavy atom. The summed E-state index contributed by atoms with van der Waals surface area (Å²) in [7, 11) is 0. The summed E-state index contributed by atoms with van der Waals surface area (Å²) < 4.78 is 19.0. The first-order valence-corrected chi connectivity index (χ1v) is 8.21. The lowest BCUT2D eigenvalue weighted by Gasteiger charge is -2.45. The smallest absolute Gasteiger partial charge is 0.261 e. The third kappa shape index (κ3) is 2.41. The van der Waals surface area contributed by atoms with E-state index in [0.29, 0.717) is 36.6 Å². The molecule has 1 saturated heterocycles. The van der Waals surface area contributed by atoms with Gasteiger partial charge in [0.15, 0.2) is 0 Å². The fourth-order valence-corrected chi connectivity index (χ4v) is 3.63. The molecular formula is C18H19FN2O3. The van der Waals surface area contributed by atoms with Crippen molar-refractivity contribution in [1.82, 2.24) is 9.88 Å². The average Bonchev–Trinajstić information content (AvgIpc) is 3.40. The van der Waals surface area contributed by atoms with Gasteiger partial charge >= 0.3 is 0 Å². The molecule has 1 aliphatic heterocycles. The molecule has 1 saturated carbocycles. The molecular weight excluding hydrogens is 311 g/mol. The molecule has 1 aromatic carbocycles. The van der Waals surface area contributed by atoms with Gasteiger partial charge in [-0.3, -0.25) is 9.59 Å². The lowest BCUT2D eigenvalue weighted by molar-refractivity contribution is -0.0548. The molecule has 24 heavy (non-hydrogen) atoms. The molecule has 2 heterocycles. The van der Waals surface area contributed by atoms with Crippen LogP contribution in [0.2, 0.25) is 0 Å². The fraction of sp³-hybridized carbons (Fsp3) is 0.444. The number of nitrogens with one attached hydrogen (secondary N) is 1. The molecule has 0 spiro atoms. The number of nitrogens with zero attached hydrogens (tertiary/aromatic N) is 1. The molecule has 2 aliphatic rings. The zero-order valence-electron chi connectivity index (χ0n) is 13.5. The number of morpholine rings is 1. The normalized spacial score (nSPS) is 24.3. The third-order valence-electron chi connectivity index (χ3n) is 5.21. The van der Waals surface area contributed by atoms with Crippen LogP contribution in [0.1, 0.15) is 30.1 Å². The van der Waals surface area contributed by atoms with Gasteiger partial charge in [-0.05, 0) is 49.9 Å². The van der Waals surface area contributed by atoms with Gasteiger partial charge in [0.1, 0.15) is 11.4 Å². The van der Waals surface area contributed by atoms with E-state index in [9.17, 15) is 14.0 Å². The summed E-state index contributed by atoms with van der Waals surface area (Å²) in [5.74, 6) is -0.291. The number of ether oxygens (including phenoxy) is 1. The van der Waals surface area contributed by atoms with E-state index in [1.807, 2.05) is 6.92 Å². The van der Waals surface area contributed by atoms with Crippen molar-refractivity contribution in [2.75, 3.05) is 19.8 Å². The van der Waals surface area contributed by atoms with Crippen molar-refractivity contribution >= 4 is 16.8 Å². The standard InChI is InChI=1S/C18H19FN2O3/c1-18(12-2-3-12)10-24-7-6-21(18)17(23)14-9-11-8-13(19)4-5-15(11)20-16(14)22/h4-5,8-9,12H,2-3,6-7,10H2,1H3,(H,20,22). The average molecular weight is 330 g/mol. The van der Waals surface area contributed by atoms with Gasteiger partial charge in [-0.2, -0.15) is 0 Å². The largest absolute Gasteiger partial charge is 0.377 e. The van der Waals surface area contributed by atoms with Crippen LogP contribution in [0, 0.1) is 11.7 Å². The van der Waals surface area contributed by atoms with Crippen LogP contribution < -0.4 is 5.56 Å². The second-order valence-corrected chi connectivity index (χ2v) is 6.88. The first kappa shape index (κ1) is 15.3. The topological polar surface area (TPSA) is 62.4 Å². The highest BCUT2D eigenvalue weighted by atomic mass is 19.1. The molecule has 0 radical (unpaired) electrons. The minimum absolute atomic E-state index is 0.0573. The summed E-state index contributed by atoms with van der Waals surface area (Å²) in [5.41, 5.74) is -0.242. The minimum atomic E-state index is -0.441. The van der Waals surface area contributed by atoms with Crippen LogP contribution in [-0.2, 0) is 4.74 Å². The highest BCUT2D eigenvalue weighted by Crippen LogP contribution is 2.44. The Morgan fingerprint density at radius 1 is 1.38 bits per heavy atom. The number of benzene rings is 1. The van der Waals surface area contributed by atoms with E-state index in [1.165, 1.54) is 24.3 Å². The lowest BCUT2D eigenvalue weighted by Crippen LogP contribution is -2.59. The summed E-state index contributed by atoms with van der Waals surface area (Å²) in [5, 5.41) is 0.513. The van der Waals surface area contributed by atoms with Gasteiger partial charge in [0, 0.05) is 17.4 Å². The fourth-order valence-electron chi connectivity index (χ4n) is 3.63. The summed E-state index contributed by atoms with van der Waals surface area (Å²) in [6.07, 6.45) is 2.14. The van der Waals surface area contributed by atoms with Gasteiger partial charge in [0.25, 0.3) is 11.5 Å². The number of fused-ring (bicyclic) bond motifs is 1. The zero-order valence-corrected chi connectivity index (χ0v) is 13.5. The minimum Gasteiger partial charge on any atom is -0.377 e. The lowest BCUT2D eigenvalue weighted by atomic mass is 9.92. The second kappa shape index (κ2) is 5.41. The van der Waals surface area contributed by atoms with Gasteiger partial charge in [0.2, 0.25) is 0 Å². The number of aromatic nitrogens is 1. The van der Waals surface area contributed by atoms with Crippen molar-refractivity contribution in [3.8, 4) is 0 Å². The van der Waals surface area contributed by atoms with Crippen LogP contribution in [-0.4, -0.2) is 41.1 Å². The van der Waals surface area contributed by atoms with E-state index in [-0.39, 0.29) is 17.0 Å². The number of halogens is 1. The van der Waals surface area contributed by atoms with E-state index in [1.54, 1.807) is 4.90 Å². The zero-order chi connectivity index (χ0) is 16.9. The Balaban J connectivity index is 1.77. The van der Waals surface area contributed by atoms with Gasteiger partial charge in [0.05, 0.1) is 18.8 Å².